The molecular weight excluding hydrogens is 438 g/mol. The van der Waals surface area contributed by atoms with Gasteiger partial charge in [0.15, 0.2) is 0 Å². The second kappa shape index (κ2) is 9.41. The molecule has 3 heterocycles. The summed E-state index contributed by atoms with van der Waals surface area (Å²) in [7, 11) is 0. The Labute approximate surface area is 198 Å². The minimum Gasteiger partial charge on any atom is -0.379 e. The molecule has 7 nitrogen and oxygen atoms in total. The van der Waals surface area contributed by atoms with Crippen LogP contribution in [0.4, 0.5) is 0 Å². The van der Waals surface area contributed by atoms with E-state index in [1.807, 2.05) is 48.5 Å². The van der Waals surface area contributed by atoms with Crippen molar-refractivity contribution in [1.29, 1.82) is 0 Å². The molecule has 1 fully saturated rings. The maximum Gasteiger partial charge on any atom is 0.265 e. The average molecular weight is 464 g/mol. The zero-order valence-electron chi connectivity index (χ0n) is 18.1. The van der Waals surface area contributed by atoms with Crippen LogP contribution in [-0.4, -0.2) is 54.7 Å². The lowest BCUT2D eigenvalue weighted by Crippen LogP contribution is -2.40. The first-order valence-electron chi connectivity index (χ1n) is 11.0. The number of amides is 1. The van der Waals surface area contributed by atoms with Crippen LogP contribution in [-0.2, 0) is 4.74 Å². The van der Waals surface area contributed by atoms with Crippen LogP contribution in [0.5, 0.6) is 0 Å². The van der Waals surface area contributed by atoms with Gasteiger partial charge in [-0.3, -0.25) is 15.1 Å². The second-order valence-electron chi connectivity index (χ2n) is 8.18. The Kier molecular flexibility index (Phi) is 6.20. The lowest BCUT2D eigenvalue weighted by atomic mass is 9.97. The number of rotatable bonds is 5. The summed E-state index contributed by atoms with van der Waals surface area (Å²) in [6.07, 6.45) is 6.27. The molecule has 33 heavy (non-hydrogen) atoms. The SMILES string of the molecule is NNC(=O)c1ccccc1C1=CN2C(CN3CCOCC3)=C(c3ccc(Cl)cc3)NC2C=C1. The number of morpholine rings is 1. The molecule has 1 amide bonds. The van der Waals surface area contributed by atoms with Gasteiger partial charge in [0.2, 0.25) is 0 Å². The summed E-state index contributed by atoms with van der Waals surface area (Å²) in [5, 5.41) is 4.37. The molecule has 1 atom stereocenters. The normalized spacial score (nSPS) is 20.4. The first-order valence-corrected chi connectivity index (χ1v) is 11.4. The number of nitrogen functional groups attached to an aromatic ring is 1. The molecule has 3 aliphatic heterocycles. The van der Waals surface area contributed by atoms with E-state index in [0.717, 1.165) is 55.2 Å². The van der Waals surface area contributed by atoms with E-state index in [9.17, 15) is 4.79 Å². The molecule has 3 aliphatic rings. The number of fused-ring (bicyclic) bond motifs is 1. The van der Waals surface area contributed by atoms with Crippen molar-refractivity contribution < 1.29 is 9.53 Å². The molecule has 0 bridgehead atoms. The number of nitrogens with zero attached hydrogens (tertiary/aromatic N) is 2. The first-order chi connectivity index (χ1) is 16.1. The van der Waals surface area contributed by atoms with Gasteiger partial charge in [-0.2, -0.15) is 0 Å². The van der Waals surface area contributed by atoms with Gasteiger partial charge in [-0.15, -0.1) is 0 Å². The molecule has 0 radical (unpaired) electrons. The topological polar surface area (TPSA) is 82.9 Å². The van der Waals surface area contributed by atoms with Crippen LogP contribution in [0.25, 0.3) is 11.3 Å². The number of hydrogen-bond donors (Lipinski definition) is 3. The summed E-state index contributed by atoms with van der Waals surface area (Å²) in [4.78, 5) is 17.0. The largest absolute Gasteiger partial charge is 0.379 e. The third-order valence-electron chi connectivity index (χ3n) is 6.15. The zero-order valence-corrected chi connectivity index (χ0v) is 18.9. The second-order valence-corrected chi connectivity index (χ2v) is 8.61. The van der Waals surface area contributed by atoms with Crippen LogP contribution in [0.1, 0.15) is 21.5 Å². The minimum atomic E-state index is -0.312. The molecule has 1 unspecified atom stereocenters. The Hall–Kier alpha value is -3.10. The van der Waals surface area contributed by atoms with Gasteiger partial charge in [0.25, 0.3) is 5.91 Å². The molecule has 0 spiro atoms. The fraction of sp³-hybridized carbons (Fsp3) is 0.240. The van der Waals surface area contributed by atoms with Crippen LogP contribution in [0.2, 0.25) is 5.02 Å². The van der Waals surface area contributed by atoms with E-state index in [1.165, 1.54) is 5.70 Å². The number of hydrazine groups is 1. The van der Waals surface area contributed by atoms with Crippen molar-refractivity contribution in [3.05, 3.63) is 94.3 Å². The van der Waals surface area contributed by atoms with E-state index < -0.39 is 0 Å². The van der Waals surface area contributed by atoms with Gasteiger partial charge in [0.1, 0.15) is 6.17 Å². The highest BCUT2D eigenvalue weighted by Gasteiger charge is 2.33. The van der Waals surface area contributed by atoms with Gasteiger partial charge < -0.3 is 15.0 Å². The minimum absolute atomic E-state index is 0.00836. The van der Waals surface area contributed by atoms with Crippen molar-refractivity contribution in [2.24, 2.45) is 5.84 Å². The smallest absolute Gasteiger partial charge is 0.265 e. The Bertz CT molecular complexity index is 1140. The maximum atomic E-state index is 12.3. The Balaban J connectivity index is 1.54. The van der Waals surface area contributed by atoms with E-state index >= 15 is 0 Å². The monoisotopic (exact) mass is 463 g/mol. The lowest BCUT2D eigenvalue weighted by Gasteiger charge is -2.32. The molecule has 0 aromatic heterocycles. The molecule has 1 saturated heterocycles. The van der Waals surface area contributed by atoms with Crippen LogP contribution >= 0.6 is 11.6 Å². The summed E-state index contributed by atoms with van der Waals surface area (Å²) in [6, 6.07) is 15.4. The lowest BCUT2D eigenvalue weighted by molar-refractivity contribution is 0.0401. The van der Waals surface area contributed by atoms with Crippen LogP contribution in [0.15, 0.2) is 72.6 Å². The van der Waals surface area contributed by atoms with Crippen molar-refractivity contribution in [2.45, 2.75) is 6.17 Å². The molecule has 2 aromatic carbocycles. The maximum absolute atomic E-state index is 12.3. The molecule has 8 heteroatoms. The average Bonchev–Trinajstić information content (AvgIpc) is 3.22. The van der Waals surface area contributed by atoms with Crippen molar-refractivity contribution >= 4 is 28.8 Å². The number of hydrogen-bond acceptors (Lipinski definition) is 6. The Morgan fingerprint density at radius 2 is 1.91 bits per heavy atom. The highest BCUT2D eigenvalue weighted by atomic mass is 35.5. The highest BCUT2D eigenvalue weighted by Crippen LogP contribution is 2.35. The number of carbonyl (C=O) groups is 1. The number of carbonyl (C=O) groups excluding carboxylic acids is 1. The quantitative estimate of drug-likeness (QED) is 0.359. The van der Waals surface area contributed by atoms with E-state index in [1.54, 1.807) is 6.07 Å². The van der Waals surface area contributed by atoms with Crippen molar-refractivity contribution in [2.75, 3.05) is 32.8 Å². The molecule has 5 rings (SSSR count). The van der Waals surface area contributed by atoms with Gasteiger partial charge in [0.05, 0.1) is 24.6 Å². The van der Waals surface area contributed by atoms with Crippen molar-refractivity contribution in [3.8, 4) is 0 Å². The standard InChI is InChI=1S/C25H26ClN5O2/c26-19-8-5-17(6-9-19)24-22(16-30-11-13-33-14-12-30)31-15-18(7-10-23(31)28-24)20-3-1-2-4-21(20)25(32)29-27/h1-10,15,23,28H,11-14,16,27H2,(H,29,32). The highest BCUT2D eigenvalue weighted by molar-refractivity contribution is 6.30. The third kappa shape index (κ3) is 4.41. The number of ether oxygens (including phenoxy) is 1. The van der Waals surface area contributed by atoms with Crippen molar-refractivity contribution in [3.63, 3.8) is 0 Å². The number of benzene rings is 2. The van der Waals surface area contributed by atoms with Crippen LogP contribution in [0.3, 0.4) is 0 Å². The molecular formula is C25H26ClN5O2. The summed E-state index contributed by atoms with van der Waals surface area (Å²) in [6.45, 7) is 4.04. The van der Waals surface area contributed by atoms with E-state index in [-0.39, 0.29) is 12.1 Å². The predicted octanol–water partition coefficient (Wildman–Crippen LogP) is 2.79. The van der Waals surface area contributed by atoms with Crippen molar-refractivity contribution in [1.82, 2.24) is 20.5 Å². The molecule has 0 saturated carbocycles. The number of nitrogens with one attached hydrogen (secondary N) is 2. The Morgan fingerprint density at radius 1 is 1.15 bits per heavy atom. The summed E-state index contributed by atoms with van der Waals surface area (Å²) < 4.78 is 5.54. The molecule has 0 aliphatic carbocycles. The van der Waals surface area contributed by atoms with Crippen LogP contribution in [0, 0.1) is 0 Å². The van der Waals surface area contributed by atoms with E-state index in [0.29, 0.717) is 10.6 Å². The van der Waals surface area contributed by atoms with E-state index in [2.05, 4.69) is 32.8 Å². The number of nitrogens with two attached hydrogens (primary N) is 1. The van der Waals surface area contributed by atoms with Crippen LogP contribution < -0.4 is 16.6 Å². The summed E-state index contributed by atoms with van der Waals surface area (Å²) in [5.41, 5.74) is 7.91. The van der Waals surface area contributed by atoms with Gasteiger partial charge in [-0.1, -0.05) is 48.0 Å². The fourth-order valence-electron chi connectivity index (χ4n) is 4.45. The third-order valence-corrected chi connectivity index (χ3v) is 6.40. The van der Waals surface area contributed by atoms with Gasteiger partial charge in [-0.25, -0.2) is 5.84 Å². The summed E-state index contributed by atoms with van der Waals surface area (Å²) in [5.74, 6) is 5.10. The zero-order chi connectivity index (χ0) is 22.8. The van der Waals surface area contributed by atoms with Gasteiger partial charge in [0, 0.05) is 36.4 Å². The first kappa shape index (κ1) is 21.7. The van der Waals surface area contributed by atoms with E-state index in [4.69, 9.17) is 22.2 Å². The van der Waals surface area contributed by atoms with Gasteiger partial charge in [-0.05, 0) is 41.0 Å². The number of allylic oxidation sites excluding steroid dienone is 2. The Morgan fingerprint density at radius 3 is 2.67 bits per heavy atom. The summed E-state index contributed by atoms with van der Waals surface area (Å²) >= 11 is 6.14. The number of halogens is 1. The molecule has 4 N–H and O–H groups in total. The molecule has 170 valence electrons. The fourth-order valence-corrected chi connectivity index (χ4v) is 4.58. The van der Waals surface area contributed by atoms with Gasteiger partial charge >= 0.3 is 0 Å². The predicted molar refractivity (Wildman–Crippen MR) is 130 cm³/mol. The molecule has 2 aromatic rings.